The lowest BCUT2D eigenvalue weighted by Gasteiger charge is -2.37. The van der Waals surface area contributed by atoms with Crippen molar-refractivity contribution in [3.63, 3.8) is 0 Å². The van der Waals surface area contributed by atoms with Crippen molar-refractivity contribution in [1.82, 2.24) is 0 Å². The molecule has 0 rings (SSSR count). The van der Waals surface area contributed by atoms with Crippen LogP contribution < -0.4 is 0 Å². The van der Waals surface area contributed by atoms with Crippen molar-refractivity contribution >= 4 is 63.7 Å². The lowest BCUT2D eigenvalue weighted by molar-refractivity contribution is -0.176. The molecule has 0 aliphatic carbocycles. The van der Waals surface area contributed by atoms with Crippen molar-refractivity contribution in [2.75, 3.05) is 19.8 Å². The summed E-state index contributed by atoms with van der Waals surface area (Å²) in [4.78, 5) is 102. The summed E-state index contributed by atoms with van der Waals surface area (Å²) in [7, 11) is -6.18. The van der Waals surface area contributed by atoms with E-state index in [2.05, 4.69) is 14.2 Å². The van der Waals surface area contributed by atoms with Crippen LogP contribution in [0.15, 0.2) is 0 Å². The van der Waals surface area contributed by atoms with E-state index in [0.717, 1.165) is 0 Å². The maximum Gasteiger partial charge on any atom is 0.478 e. The van der Waals surface area contributed by atoms with Crippen molar-refractivity contribution in [3.05, 3.63) is 0 Å². The van der Waals surface area contributed by atoms with Crippen LogP contribution in [0.1, 0.15) is 19.3 Å². The molecule has 0 spiro atoms. The fraction of sp³-hybridized carbons (Fsp3) is 0.500. The van der Waals surface area contributed by atoms with Gasteiger partial charge < -0.3 is 34.6 Å². The van der Waals surface area contributed by atoms with Crippen LogP contribution in [0.5, 0.6) is 0 Å². The Morgan fingerprint density at radius 3 is 1.26 bits per heavy atom. The molecule has 2 atom stereocenters. The molecule has 0 aliphatic heterocycles. The molecule has 2 unspecified atom stereocenters. The monoisotopic (exact) mass is 588 g/mol. The Morgan fingerprint density at radius 2 is 0.949 bits per heavy atom. The largest absolute Gasteiger partial charge is 0.481 e. The molecule has 218 valence electrons. The van der Waals surface area contributed by atoms with Gasteiger partial charge in [0.1, 0.15) is 19.8 Å². The summed E-state index contributed by atoms with van der Waals surface area (Å²) in [5, 5.41) is 37.1. The second kappa shape index (κ2) is 15.2. The van der Waals surface area contributed by atoms with Crippen LogP contribution in [-0.4, -0.2) is 113 Å². The summed E-state index contributed by atoms with van der Waals surface area (Å²) in [6.07, 6.45) is -5.87. The van der Waals surface area contributed by atoms with Crippen molar-refractivity contribution in [2.45, 2.75) is 36.1 Å². The smallest absolute Gasteiger partial charge is 0.478 e. The topological polar surface area (TPSA) is 307 Å². The Bertz CT molecular complexity index is 977. The lowest BCUT2D eigenvalue weighted by Crippen LogP contribution is -2.50. The summed E-state index contributed by atoms with van der Waals surface area (Å²) in [5.74, 6) is -8.43. The molecule has 0 aromatic heterocycles. The number of aliphatic carboxylic acids is 4. The first kappa shape index (κ1) is 34.7. The summed E-state index contributed by atoms with van der Waals surface area (Å²) >= 11 is 0. The van der Waals surface area contributed by atoms with Gasteiger partial charge in [-0.05, 0) is 0 Å². The van der Waals surface area contributed by atoms with Crippen LogP contribution >= 0.6 is 7.82 Å². The molecule has 0 radical (unpaired) electrons. The fourth-order valence-corrected chi connectivity index (χ4v) is 4.64. The summed E-state index contributed by atoms with van der Waals surface area (Å²) < 4.78 is 41.3. The number of carboxylic acids is 4. The minimum Gasteiger partial charge on any atom is -0.481 e. The Morgan fingerprint density at radius 1 is 0.590 bits per heavy atom. The number of rotatable bonds is 24. The van der Waals surface area contributed by atoms with E-state index in [9.17, 15) is 52.8 Å². The van der Waals surface area contributed by atoms with Gasteiger partial charge in [-0.3, -0.25) is 51.9 Å². The number of ether oxygens (including phenoxy) is 3. The molecule has 0 aromatic carbocycles. The molecular formula is C18H21O20P. The normalized spacial score (nSPS) is 14.4. The van der Waals surface area contributed by atoms with Gasteiger partial charge in [-0.15, -0.1) is 0 Å². The lowest BCUT2D eigenvalue weighted by atomic mass is 9.96. The minimum atomic E-state index is -6.18. The molecule has 20 nitrogen and oxygen atoms in total. The maximum absolute atomic E-state index is 13.9. The fourth-order valence-electron chi connectivity index (χ4n) is 2.69. The van der Waals surface area contributed by atoms with Crippen molar-refractivity contribution in [1.29, 1.82) is 0 Å². The molecule has 0 heterocycles. The highest BCUT2D eigenvalue weighted by Gasteiger charge is 2.57. The highest BCUT2D eigenvalue weighted by Crippen LogP contribution is 2.59. The number of hydrogen-bond acceptors (Lipinski definition) is 16. The maximum atomic E-state index is 13.9. The number of phosphoric ester groups is 1. The van der Waals surface area contributed by atoms with Gasteiger partial charge in [0, 0.05) is 0 Å². The first-order valence-electron chi connectivity index (χ1n) is 9.81. The Balaban J connectivity index is 7.30. The van der Waals surface area contributed by atoms with Crippen molar-refractivity contribution in [3.8, 4) is 0 Å². The average Bonchev–Trinajstić information content (AvgIpc) is 2.82. The third-order valence-corrected chi connectivity index (χ3v) is 5.95. The first-order valence-corrected chi connectivity index (χ1v) is 11.3. The van der Waals surface area contributed by atoms with Crippen molar-refractivity contribution in [2.24, 2.45) is 0 Å². The Kier molecular flexibility index (Phi) is 13.6. The first-order chi connectivity index (χ1) is 18.1. The molecule has 21 heteroatoms. The molecule has 0 saturated heterocycles. The molecule has 0 fully saturated rings. The third kappa shape index (κ3) is 10.9. The molecule has 0 saturated carbocycles. The van der Waals surface area contributed by atoms with Gasteiger partial charge in [-0.2, -0.15) is 0 Å². The quantitative estimate of drug-likeness (QED) is 0.0527. The zero-order valence-corrected chi connectivity index (χ0v) is 20.3. The summed E-state index contributed by atoms with van der Waals surface area (Å²) in [6.45, 7) is -4.93. The molecule has 4 N–H and O–H groups in total. The number of carbonyl (C=O) groups is 9. The van der Waals surface area contributed by atoms with E-state index in [1.165, 1.54) is 0 Å². The second-order valence-corrected chi connectivity index (χ2v) is 8.76. The van der Waals surface area contributed by atoms with Crippen LogP contribution in [0, 0.1) is 0 Å². The van der Waals surface area contributed by atoms with Crippen molar-refractivity contribution < 1.29 is 95.9 Å². The number of carboxylic acid groups (broad SMARTS) is 4. The highest BCUT2D eigenvalue weighted by atomic mass is 31.2. The predicted octanol–water partition coefficient (Wildman–Crippen LogP) is -2.21. The second-order valence-electron chi connectivity index (χ2n) is 7.32. The van der Waals surface area contributed by atoms with Crippen LogP contribution in [0.2, 0.25) is 0 Å². The van der Waals surface area contributed by atoms with E-state index in [1.807, 2.05) is 0 Å². The number of carbonyl (C=O) groups excluding carboxylic acids is 5. The zero-order chi connectivity index (χ0) is 30.3. The van der Waals surface area contributed by atoms with E-state index < -0.39 is 93.9 Å². The number of phosphoric acid groups is 1. The number of aldehydes is 2. The Labute approximate surface area is 216 Å². The molecule has 0 bridgehead atoms. The van der Waals surface area contributed by atoms with Gasteiger partial charge in [0.25, 0.3) is 19.4 Å². The van der Waals surface area contributed by atoms with Crippen LogP contribution in [-0.2, 0) is 75.5 Å². The summed E-state index contributed by atoms with van der Waals surface area (Å²) in [5.41, 5.74) is -9.59. The zero-order valence-electron chi connectivity index (χ0n) is 19.4. The van der Waals surface area contributed by atoms with E-state index in [-0.39, 0.29) is 25.7 Å². The van der Waals surface area contributed by atoms with Gasteiger partial charge in [-0.25, -0.2) is 9.36 Å². The third-order valence-electron chi connectivity index (χ3n) is 4.20. The van der Waals surface area contributed by atoms with E-state index in [1.54, 1.807) is 0 Å². The van der Waals surface area contributed by atoms with Crippen LogP contribution in [0.3, 0.4) is 0 Å². The molecule has 0 aliphatic rings. The number of hydrogen-bond donors (Lipinski definition) is 4. The summed E-state index contributed by atoms with van der Waals surface area (Å²) in [6, 6.07) is 0. The SMILES string of the molecule is O=COCC(C=O)(COC=O)OP(=O)(OC(C=O)(COC=O)CC(=O)O)OC(CC(=O)O)(CC(=O)O)C(=O)O. The standard InChI is InChI=1S/C18H21O20P/c19-4-16(1-12(24)25,6-33-9-21)36-39(32,37-17(5-20,7-34-10-22)8-35-11-23)38-18(15(30)31,2-13(26)27)3-14(28)29/h4-5,9-11H,1-3,6-8H2,(H,24,25)(H,26,27)(H,28,29)(H,30,31). The average molecular weight is 588 g/mol. The Hall–Kier alpha value is -4.26. The van der Waals surface area contributed by atoms with Gasteiger partial charge >= 0.3 is 31.7 Å². The molecule has 0 amide bonds. The van der Waals surface area contributed by atoms with Gasteiger partial charge in [0.2, 0.25) is 5.60 Å². The van der Waals surface area contributed by atoms with Gasteiger partial charge in [0.05, 0.1) is 19.3 Å². The van der Waals surface area contributed by atoms with Crippen LogP contribution in [0.25, 0.3) is 0 Å². The highest BCUT2D eigenvalue weighted by molar-refractivity contribution is 7.48. The van der Waals surface area contributed by atoms with Crippen LogP contribution in [0.4, 0.5) is 0 Å². The van der Waals surface area contributed by atoms with E-state index in [4.69, 9.17) is 28.9 Å². The molecule has 0 aromatic rings. The minimum absolute atomic E-state index is 0.302. The van der Waals surface area contributed by atoms with Gasteiger partial charge in [0.15, 0.2) is 23.8 Å². The molecular weight excluding hydrogens is 567 g/mol. The van der Waals surface area contributed by atoms with Gasteiger partial charge in [-0.1, -0.05) is 0 Å². The predicted molar refractivity (Wildman–Crippen MR) is 112 cm³/mol. The molecule has 39 heavy (non-hydrogen) atoms. The van der Waals surface area contributed by atoms with E-state index >= 15 is 0 Å². The van der Waals surface area contributed by atoms with E-state index in [0.29, 0.717) is 0 Å².